The fourth-order valence-corrected chi connectivity index (χ4v) is 4.18. The Morgan fingerprint density at radius 1 is 0.889 bits per heavy atom. The van der Waals surface area contributed by atoms with Gasteiger partial charge in [-0.25, -0.2) is 9.36 Å². The van der Waals surface area contributed by atoms with Gasteiger partial charge in [0.15, 0.2) is 0 Å². The quantitative estimate of drug-likeness (QED) is 0.538. The van der Waals surface area contributed by atoms with Crippen LogP contribution in [-0.4, -0.2) is 9.13 Å². The predicted octanol–water partition coefficient (Wildman–Crippen LogP) is 4.19. The number of benzene rings is 2. The van der Waals surface area contributed by atoms with E-state index in [0.717, 1.165) is 11.1 Å². The van der Waals surface area contributed by atoms with Crippen LogP contribution in [0.25, 0.3) is 15.9 Å². The molecule has 0 aliphatic carbocycles. The van der Waals surface area contributed by atoms with Crippen LogP contribution in [-0.2, 0) is 6.54 Å². The van der Waals surface area contributed by atoms with E-state index in [9.17, 15) is 9.59 Å². The summed E-state index contributed by atoms with van der Waals surface area (Å²) in [4.78, 5) is 26.4. The molecule has 0 unspecified atom stereocenters. The maximum atomic E-state index is 13.3. The highest BCUT2D eigenvalue weighted by Crippen LogP contribution is 2.19. The van der Waals surface area contributed by atoms with Crippen molar-refractivity contribution in [2.24, 2.45) is 0 Å². The van der Waals surface area contributed by atoms with Crippen molar-refractivity contribution in [1.29, 1.82) is 0 Å². The van der Waals surface area contributed by atoms with Gasteiger partial charge < -0.3 is 0 Å². The maximum absolute atomic E-state index is 13.3. The third-order valence-electron chi connectivity index (χ3n) is 5.02. The van der Waals surface area contributed by atoms with Crippen LogP contribution in [0.2, 0.25) is 0 Å². The largest absolute Gasteiger partial charge is 0.336 e. The Labute approximate surface area is 161 Å². The van der Waals surface area contributed by atoms with Gasteiger partial charge >= 0.3 is 5.69 Å². The molecule has 4 rings (SSSR count). The van der Waals surface area contributed by atoms with Crippen LogP contribution in [0.3, 0.4) is 0 Å². The van der Waals surface area contributed by atoms with Crippen molar-refractivity contribution in [2.45, 2.75) is 27.3 Å². The van der Waals surface area contributed by atoms with Crippen LogP contribution in [0.4, 0.5) is 0 Å². The molecule has 2 heterocycles. The van der Waals surface area contributed by atoms with Crippen LogP contribution in [0.1, 0.15) is 22.3 Å². The zero-order valence-electron chi connectivity index (χ0n) is 15.5. The van der Waals surface area contributed by atoms with Gasteiger partial charge in [0, 0.05) is 0 Å². The second kappa shape index (κ2) is 6.67. The van der Waals surface area contributed by atoms with Crippen molar-refractivity contribution in [1.82, 2.24) is 9.13 Å². The molecular weight excluding hydrogens is 356 g/mol. The Balaban J connectivity index is 1.99. The Bertz CT molecular complexity index is 1280. The molecule has 4 aromatic rings. The fourth-order valence-electron chi connectivity index (χ4n) is 3.35. The lowest BCUT2D eigenvalue weighted by molar-refractivity contribution is 0.714. The standard InChI is InChI=1S/C22H20N2O2S/c1-14-8-9-17(12-16(14)3)13-23-19-10-11-27-20(19)21(25)24(22(23)26)18-7-5-4-6-15(18)2/h4-12H,13H2,1-3H3. The van der Waals surface area contributed by atoms with E-state index in [1.165, 1.54) is 27.0 Å². The number of hydrogen-bond acceptors (Lipinski definition) is 3. The molecule has 0 atom stereocenters. The molecule has 0 aliphatic heterocycles. The molecule has 2 aromatic carbocycles. The number of rotatable bonds is 3. The van der Waals surface area contributed by atoms with E-state index in [4.69, 9.17) is 0 Å². The first-order chi connectivity index (χ1) is 13.0. The highest BCUT2D eigenvalue weighted by Gasteiger charge is 2.17. The van der Waals surface area contributed by atoms with Crippen LogP contribution in [0, 0.1) is 20.8 Å². The van der Waals surface area contributed by atoms with E-state index < -0.39 is 0 Å². The average molecular weight is 376 g/mol. The lowest BCUT2D eigenvalue weighted by Crippen LogP contribution is -2.39. The minimum absolute atomic E-state index is 0.254. The first-order valence-electron chi connectivity index (χ1n) is 8.82. The van der Waals surface area contributed by atoms with Crippen LogP contribution >= 0.6 is 11.3 Å². The SMILES string of the molecule is Cc1ccc(Cn2c(=O)n(-c3ccccc3C)c(=O)c3sccc32)cc1C. The van der Waals surface area contributed by atoms with Gasteiger partial charge in [-0.15, -0.1) is 11.3 Å². The van der Waals surface area contributed by atoms with Gasteiger partial charge in [-0.1, -0.05) is 36.4 Å². The van der Waals surface area contributed by atoms with Crippen molar-refractivity contribution < 1.29 is 0 Å². The summed E-state index contributed by atoms with van der Waals surface area (Å²) in [6.45, 7) is 6.48. The second-order valence-electron chi connectivity index (χ2n) is 6.85. The predicted molar refractivity (Wildman–Crippen MR) is 111 cm³/mol. The monoisotopic (exact) mass is 376 g/mol. The second-order valence-corrected chi connectivity index (χ2v) is 7.77. The number of hydrogen-bond donors (Lipinski definition) is 0. The summed E-state index contributed by atoms with van der Waals surface area (Å²) in [5, 5.41) is 1.87. The third-order valence-corrected chi connectivity index (χ3v) is 5.91. The Kier molecular flexibility index (Phi) is 4.32. The molecule has 0 N–H and O–H groups in total. The summed E-state index contributed by atoms with van der Waals surface area (Å²) in [5.41, 5.74) is 5.11. The molecule has 2 aromatic heterocycles. The van der Waals surface area contributed by atoms with Gasteiger partial charge in [-0.2, -0.15) is 0 Å². The van der Waals surface area contributed by atoms with Gasteiger partial charge in [0.1, 0.15) is 4.70 Å². The number of aromatic nitrogens is 2. The van der Waals surface area contributed by atoms with Crippen LogP contribution in [0.5, 0.6) is 0 Å². The van der Waals surface area contributed by atoms with Crippen molar-refractivity contribution in [2.75, 3.05) is 0 Å². The molecular formula is C22H20N2O2S. The molecule has 27 heavy (non-hydrogen) atoms. The first kappa shape index (κ1) is 17.5. The van der Waals surface area contributed by atoms with Crippen molar-refractivity contribution >= 4 is 21.6 Å². The van der Waals surface area contributed by atoms with Crippen molar-refractivity contribution in [3.8, 4) is 5.69 Å². The lowest BCUT2D eigenvalue weighted by atomic mass is 10.1. The minimum Gasteiger partial charge on any atom is -0.288 e. The van der Waals surface area contributed by atoms with Crippen molar-refractivity contribution in [3.63, 3.8) is 0 Å². The molecule has 0 saturated carbocycles. The smallest absolute Gasteiger partial charge is 0.288 e. The number of thiophene rings is 1. The summed E-state index contributed by atoms with van der Waals surface area (Å²) in [7, 11) is 0. The van der Waals surface area contributed by atoms with E-state index >= 15 is 0 Å². The van der Waals surface area contributed by atoms with Gasteiger partial charge in [0.05, 0.1) is 17.7 Å². The van der Waals surface area contributed by atoms with Gasteiger partial charge in [0.2, 0.25) is 0 Å². The summed E-state index contributed by atoms with van der Waals surface area (Å²) in [6.07, 6.45) is 0. The molecule has 0 aliphatic rings. The molecule has 4 nitrogen and oxygen atoms in total. The Morgan fingerprint density at radius 2 is 1.67 bits per heavy atom. The molecule has 0 spiro atoms. The molecule has 5 heteroatoms. The minimum atomic E-state index is -0.307. The molecule has 0 bridgehead atoms. The fraction of sp³-hybridized carbons (Fsp3) is 0.182. The number of aryl methyl sites for hydroxylation is 3. The zero-order valence-corrected chi connectivity index (χ0v) is 16.3. The van der Waals surface area contributed by atoms with Crippen molar-refractivity contribution in [3.05, 3.63) is 97.0 Å². The summed E-state index contributed by atoms with van der Waals surface area (Å²) >= 11 is 1.37. The Morgan fingerprint density at radius 3 is 2.41 bits per heavy atom. The van der Waals surface area contributed by atoms with E-state index in [1.807, 2.05) is 48.7 Å². The zero-order chi connectivity index (χ0) is 19.1. The molecule has 136 valence electrons. The Hall–Kier alpha value is -2.92. The van der Waals surface area contributed by atoms with E-state index in [-0.39, 0.29) is 11.2 Å². The summed E-state index contributed by atoms with van der Waals surface area (Å²) < 4.78 is 3.60. The maximum Gasteiger partial charge on any atom is 0.336 e. The first-order valence-corrected chi connectivity index (χ1v) is 9.70. The van der Waals surface area contributed by atoms with E-state index in [0.29, 0.717) is 22.4 Å². The summed E-state index contributed by atoms with van der Waals surface area (Å²) in [5.74, 6) is 0. The topological polar surface area (TPSA) is 44.0 Å². The average Bonchev–Trinajstić information content (AvgIpc) is 3.13. The lowest BCUT2D eigenvalue weighted by Gasteiger charge is -2.14. The molecule has 0 fully saturated rings. The van der Waals surface area contributed by atoms with Gasteiger partial charge in [-0.3, -0.25) is 9.36 Å². The van der Waals surface area contributed by atoms with Crippen LogP contribution < -0.4 is 11.2 Å². The normalized spacial score (nSPS) is 11.2. The summed E-state index contributed by atoms with van der Waals surface area (Å²) in [6, 6.07) is 15.5. The number of para-hydroxylation sites is 1. The molecule has 0 radical (unpaired) electrons. The highest BCUT2D eigenvalue weighted by molar-refractivity contribution is 7.17. The molecule has 0 saturated heterocycles. The van der Waals surface area contributed by atoms with Gasteiger partial charge in [0.25, 0.3) is 5.56 Å². The number of nitrogens with zero attached hydrogens (tertiary/aromatic N) is 2. The third kappa shape index (κ3) is 2.94. The van der Waals surface area contributed by atoms with E-state index in [1.54, 1.807) is 4.57 Å². The van der Waals surface area contributed by atoms with Gasteiger partial charge in [-0.05, 0) is 60.5 Å². The van der Waals surface area contributed by atoms with Crippen LogP contribution in [0.15, 0.2) is 63.5 Å². The number of fused-ring (bicyclic) bond motifs is 1. The highest BCUT2D eigenvalue weighted by atomic mass is 32.1. The van der Waals surface area contributed by atoms with E-state index in [2.05, 4.69) is 26.0 Å². The molecule has 0 amide bonds.